The van der Waals surface area contributed by atoms with E-state index in [0.717, 1.165) is 24.8 Å². The molecule has 0 aromatic heterocycles. The molecular formula is C22H18F4O. The molecule has 1 nitrogen and oxygen atoms in total. The molecule has 0 saturated heterocycles. The van der Waals surface area contributed by atoms with Gasteiger partial charge in [0.05, 0.1) is 5.56 Å². The highest BCUT2D eigenvalue weighted by molar-refractivity contribution is 5.62. The van der Waals surface area contributed by atoms with Crippen LogP contribution in [0.15, 0.2) is 42.0 Å². The first kappa shape index (κ1) is 19.0. The van der Waals surface area contributed by atoms with Crippen LogP contribution in [-0.2, 0) is 6.42 Å². The van der Waals surface area contributed by atoms with Crippen molar-refractivity contribution in [1.82, 2.24) is 0 Å². The van der Waals surface area contributed by atoms with E-state index in [1.165, 1.54) is 29.8 Å². The lowest BCUT2D eigenvalue weighted by Gasteiger charge is -2.17. The molecule has 140 valence electrons. The predicted octanol–water partition coefficient (Wildman–Crippen LogP) is 6.25. The van der Waals surface area contributed by atoms with Crippen molar-refractivity contribution in [3.8, 4) is 17.6 Å². The van der Waals surface area contributed by atoms with Crippen molar-refractivity contribution in [2.75, 3.05) is 0 Å². The van der Waals surface area contributed by atoms with Crippen LogP contribution in [0.1, 0.15) is 48.4 Å². The van der Waals surface area contributed by atoms with E-state index in [1.807, 2.05) is 6.07 Å². The molecule has 5 heteroatoms. The first-order valence-electron chi connectivity index (χ1n) is 8.74. The van der Waals surface area contributed by atoms with Gasteiger partial charge in [-0.1, -0.05) is 42.9 Å². The second-order valence-electron chi connectivity index (χ2n) is 6.37. The summed E-state index contributed by atoms with van der Waals surface area (Å²) in [5.41, 5.74) is 3.69. The van der Waals surface area contributed by atoms with Crippen LogP contribution in [0.5, 0.6) is 5.75 Å². The molecule has 0 amide bonds. The highest BCUT2D eigenvalue weighted by Gasteiger charge is 2.30. The van der Waals surface area contributed by atoms with Gasteiger partial charge >= 0.3 is 6.36 Å². The molecule has 0 aliphatic heterocycles. The maximum Gasteiger partial charge on any atom is 0.573 e. The van der Waals surface area contributed by atoms with Crippen molar-refractivity contribution in [1.29, 1.82) is 0 Å². The molecule has 2 aromatic carbocycles. The second kappa shape index (κ2) is 7.87. The van der Waals surface area contributed by atoms with E-state index in [0.29, 0.717) is 17.5 Å². The molecule has 3 rings (SSSR count). The zero-order valence-electron chi connectivity index (χ0n) is 14.8. The zero-order valence-corrected chi connectivity index (χ0v) is 14.8. The average Bonchev–Trinajstić information content (AvgIpc) is 2.61. The molecule has 0 fully saturated rings. The van der Waals surface area contributed by atoms with Crippen molar-refractivity contribution in [3.05, 3.63) is 70.0 Å². The highest BCUT2D eigenvalue weighted by atomic mass is 19.4. The Balaban J connectivity index is 1.80. The van der Waals surface area contributed by atoms with Gasteiger partial charge in [-0.25, -0.2) is 4.39 Å². The van der Waals surface area contributed by atoms with Crippen LogP contribution in [-0.4, -0.2) is 6.36 Å². The van der Waals surface area contributed by atoms with Crippen molar-refractivity contribution >= 4 is 6.08 Å². The monoisotopic (exact) mass is 374 g/mol. The summed E-state index contributed by atoms with van der Waals surface area (Å²) in [6.07, 6.45) is 0.935. The van der Waals surface area contributed by atoms with E-state index >= 15 is 0 Å². The lowest BCUT2D eigenvalue weighted by atomic mass is 9.88. The Morgan fingerprint density at radius 1 is 1.00 bits per heavy atom. The smallest absolute Gasteiger partial charge is 0.406 e. The third kappa shape index (κ3) is 4.91. The van der Waals surface area contributed by atoms with Gasteiger partial charge in [0.15, 0.2) is 0 Å². The summed E-state index contributed by atoms with van der Waals surface area (Å²) in [7, 11) is 0. The van der Waals surface area contributed by atoms with E-state index in [-0.39, 0.29) is 17.1 Å². The summed E-state index contributed by atoms with van der Waals surface area (Å²) in [6, 6.07) is 8.70. The molecule has 1 aliphatic carbocycles. The maximum atomic E-state index is 14.7. The van der Waals surface area contributed by atoms with E-state index in [1.54, 1.807) is 6.07 Å². The van der Waals surface area contributed by atoms with Gasteiger partial charge in [-0.15, -0.1) is 13.2 Å². The van der Waals surface area contributed by atoms with E-state index in [2.05, 4.69) is 29.6 Å². The lowest BCUT2D eigenvalue weighted by molar-refractivity contribution is -0.274. The Morgan fingerprint density at radius 2 is 1.74 bits per heavy atom. The first-order chi connectivity index (χ1) is 12.9. The fraction of sp³-hybridized carbons (Fsp3) is 0.273. The number of allylic oxidation sites excluding steroid dienone is 1. The van der Waals surface area contributed by atoms with E-state index in [4.69, 9.17) is 0 Å². The maximum absolute atomic E-state index is 14.7. The Morgan fingerprint density at radius 3 is 2.41 bits per heavy atom. The van der Waals surface area contributed by atoms with Gasteiger partial charge in [0.1, 0.15) is 11.6 Å². The second-order valence-corrected chi connectivity index (χ2v) is 6.37. The molecule has 1 aliphatic rings. The molecular weight excluding hydrogens is 356 g/mol. The summed E-state index contributed by atoms with van der Waals surface area (Å²) < 4.78 is 55.1. The summed E-state index contributed by atoms with van der Waals surface area (Å²) >= 11 is 0. The number of fused-ring (bicyclic) bond motifs is 1. The molecule has 0 bridgehead atoms. The Labute approximate surface area is 155 Å². The summed E-state index contributed by atoms with van der Waals surface area (Å²) in [5, 5.41) is 0. The number of rotatable bonds is 3. The lowest BCUT2D eigenvalue weighted by Crippen LogP contribution is -2.16. The van der Waals surface area contributed by atoms with Crippen molar-refractivity contribution < 1.29 is 22.3 Å². The molecule has 27 heavy (non-hydrogen) atoms. The average molecular weight is 374 g/mol. The summed E-state index contributed by atoms with van der Waals surface area (Å²) in [5.74, 6) is 4.93. The molecule has 0 saturated carbocycles. The van der Waals surface area contributed by atoms with Gasteiger partial charge in [-0.2, -0.15) is 0 Å². The van der Waals surface area contributed by atoms with E-state index < -0.39 is 6.36 Å². The topological polar surface area (TPSA) is 9.23 Å². The zero-order chi connectivity index (χ0) is 19.4. The largest absolute Gasteiger partial charge is 0.573 e. The SMILES string of the molecule is CCCC1=Cc2ccc(C#Cc3ccc(OC(F)(F)F)cc3)c(F)c2CC1. The fourth-order valence-electron chi connectivity index (χ4n) is 3.10. The summed E-state index contributed by atoms with van der Waals surface area (Å²) in [4.78, 5) is 0. The fourth-order valence-corrected chi connectivity index (χ4v) is 3.10. The molecule has 2 aromatic rings. The standard InChI is InChI=1S/C22H18F4O/c1-2-3-16-7-13-20-18(14-16)10-9-17(21(20)23)8-4-15-5-11-19(12-6-15)27-22(24,25)26/h5-6,9-12,14H,2-3,7,13H2,1H3. The van der Waals surface area contributed by atoms with Crippen molar-refractivity contribution in [2.24, 2.45) is 0 Å². The third-order valence-electron chi connectivity index (χ3n) is 4.34. The predicted molar refractivity (Wildman–Crippen MR) is 96.7 cm³/mol. The van der Waals surface area contributed by atoms with Gasteiger partial charge < -0.3 is 4.74 Å². The number of alkyl halides is 3. The highest BCUT2D eigenvalue weighted by Crippen LogP contribution is 2.29. The van der Waals surface area contributed by atoms with Gasteiger partial charge in [-0.3, -0.25) is 0 Å². The molecule has 0 spiro atoms. The quantitative estimate of drug-likeness (QED) is 0.455. The molecule has 0 N–H and O–H groups in total. The van der Waals surface area contributed by atoms with Crippen LogP contribution in [0.2, 0.25) is 0 Å². The number of hydrogen-bond donors (Lipinski definition) is 0. The number of hydrogen-bond acceptors (Lipinski definition) is 1. The van der Waals surface area contributed by atoms with Crippen molar-refractivity contribution in [3.63, 3.8) is 0 Å². The number of benzene rings is 2. The first-order valence-corrected chi connectivity index (χ1v) is 8.74. The van der Waals surface area contributed by atoms with Crippen LogP contribution in [0.3, 0.4) is 0 Å². The Hall–Kier alpha value is -2.74. The van der Waals surface area contributed by atoms with E-state index in [9.17, 15) is 17.6 Å². The number of ether oxygens (including phenoxy) is 1. The minimum absolute atomic E-state index is 0.289. The van der Waals surface area contributed by atoms with Gasteiger partial charge in [0.2, 0.25) is 0 Å². The molecule has 0 heterocycles. The Kier molecular flexibility index (Phi) is 5.55. The Bertz CT molecular complexity index is 912. The normalized spacial score (nSPS) is 13.3. The van der Waals surface area contributed by atoms with Gasteiger partial charge in [0, 0.05) is 5.56 Å². The molecule has 0 unspecified atom stereocenters. The molecule has 0 atom stereocenters. The van der Waals surface area contributed by atoms with Crippen LogP contribution in [0.25, 0.3) is 6.08 Å². The minimum atomic E-state index is -4.73. The van der Waals surface area contributed by atoms with Crippen molar-refractivity contribution in [2.45, 2.75) is 39.0 Å². The minimum Gasteiger partial charge on any atom is -0.406 e. The van der Waals surface area contributed by atoms with Gasteiger partial charge in [-0.05, 0) is 60.7 Å². The third-order valence-corrected chi connectivity index (χ3v) is 4.34. The number of halogens is 4. The molecule has 0 radical (unpaired) electrons. The van der Waals surface area contributed by atoms with Crippen LogP contribution < -0.4 is 4.74 Å². The van der Waals surface area contributed by atoms with Gasteiger partial charge in [0.25, 0.3) is 0 Å². The van der Waals surface area contributed by atoms with Crippen LogP contribution in [0.4, 0.5) is 17.6 Å². The summed E-state index contributed by atoms with van der Waals surface area (Å²) in [6.45, 7) is 2.12. The van der Waals surface area contributed by atoms with Crippen LogP contribution in [0, 0.1) is 17.7 Å². The van der Waals surface area contributed by atoms with Crippen LogP contribution >= 0.6 is 0 Å².